The maximum absolute atomic E-state index is 8.89. The molecule has 0 aromatic rings. The Kier molecular flexibility index (Phi) is 12.6. The number of allylic oxidation sites excluding steroid dienone is 1. The molecular formula is C21H37O2PPd. The minimum Gasteiger partial charge on any atom is -0.550 e. The van der Waals surface area contributed by atoms with E-state index in [0.717, 1.165) is 11.8 Å². The van der Waals surface area contributed by atoms with E-state index in [-0.39, 0.29) is 0 Å². The van der Waals surface area contributed by atoms with Crippen molar-refractivity contribution in [3.8, 4) is 0 Å². The van der Waals surface area contributed by atoms with Gasteiger partial charge in [0.05, 0.1) is 0 Å². The van der Waals surface area contributed by atoms with Gasteiger partial charge in [0.25, 0.3) is 0 Å². The zero-order valence-corrected chi connectivity index (χ0v) is 18.7. The predicted octanol–water partition coefficient (Wildman–Crippen LogP) is 5.58. The van der Waals surface area contributed by atoms with E-state index in [1.54, 1.807) is 77.0 Å². The fourth-order valence-electron chi connectivity index (χ4n) is 4.50. The molecule has 3 saturated carbocycles. The summed E-state index contributed by atoms with van der Waals surface area (Å²) in [6.45, 7) is 6.60. The first kappa shape index (κ1) is 23.3. The van der Waals surface area contributed by atoms with Crippen LogP contribution in [0.4, 0.5) is 0 Å². The quantitative estimate of drug-likeness (QED) is 0.313. The van der Waals surface area contributed by atoms with Gasteiger partial charge in [-0.25, -0.2) is 0 Å². The zero-order valence-electron chi connectivity index (χ0n) is 16.2. The summed E-state index contributed by atoms with van der Waals surface area (Å²) in [4.78, 5) is 9.85. The zero-order chi connectivity index (χ0) is 18.7. The molecule has 0 aromatic carbocycles. The molecule has 0 N–H and O–H groups in total. The number of carboxylic acid groups (broad SMARTS) is 1. The molecule has 148 valence electrons. The van der Waals surface area contributed by atoms with Gasteiger partial charge in [-0.1, -0.05) is 46.4 Å². The van der Waals surface area contributed by atoms with Crippen LogP contribution in [-0.2, 0) is 24.0 Å². The topological polar surface area (TPSA) is 40.1 Å². The van der Waals surface area contributed by atoms with Gasteiger partial charge in [-0.05, 0) is 62.4 Å². The number of hydrogen-bond acceptors (Lipinski definition) is 2. The maximum atomic E-state index is 8.89. The minimum atomic E-state index is -1.08. The molecule has 0 radical (unpaired) electrons. The van der Waals surface area contributed by atoms with Crippen LogP contribution < -0.4 is 5.11 Å². The van der Waals surface area contributed by atoms with Crippen molar-refractivity contribution in [1.82, 2.24) is 0 Å². The summed E-state index contributed by atoms with van der Waals surface area (Å²) < 4.78 is 0. The van der Waals surface area contributed by atoms with Gasteiger partial charge in [0, 0.05) is 5.97 Å². The second-order valence-electron chi connectivity index (χ2n) is 7.82. The summed E-state index contributed by atoms with van der Waals surface area (Å²) in [5.74, 6) is -1.08. The second kappa shape index (κ2) is 13.5. The van der Waals surface area contributed by atoms with Gasteiger partial charge < -0.3 is 9.90 Å². The molecule has 3 aliphatic carbocycles. The molecular weight excluding hydrogens is 422 g/mol. The van der Waals surface area contributed by atoms with Crippen molar-refractivity contribution in [3.05, 3.63) is 12.2 Å². The smallest absolute Gasteiger partial charge is 0.0383 e. The Morgan fingerprint density at radius 3 is 1.24 bits per heavy atom. The average Bonchev–Trinajstić information content (AvgIpc) is 3.32. The van der Waals surface area contributed by atoms with E-state index in [4.69, 9.17) is 9.90 Å². The van der Waals surface area contributed by atoms with Gasteiger partial charge in [0.15, 0.2) is 0 Å². The summed E-state index contributed by atoms with van der Waals surface area (Å²) >= 11 is 2.99. The summed E-state index contributed by atoms with van der Waals surface area (Å²) in [6.07, 6.45) is 19.0. The van der Waals surface area contributed by atoms with E-state index in [9.17, 15) is 0 Å². The Balaban J connectivity index is 0.000000293. The number of carbonyl (C=O) groups is 1. The van der Waals surface area contributed by atoms with Crippen LogP contribution in [0.25, 0.3) is 0 Å². The van der Waals surface area contributed by atoms with Gasteiger partial charge in [-0.3, -0.25) is 0 Å². The molecule has 25 heavy (non-hydrogen) atoms. The molecule has 4 heteroatoms. The minimum absolute atomic E-state index is 0.436. The van der Waals surface area contributed by atoms with Crippen molar-refractivity contribution in [2.75, 3.05) is 0 Å². The SMILES string of the molecule is C1CCC(P(C2CCCC2)C2CCCC2)C1.C=C(C)[CH2][Pd+].CC(=O)[O-]. The van der Waals surface area contributed by atoms with Crippen LogP contribution in [0.2, 0.25) is 4.89 Å². The standard InChI is InChI=1S/C15H27P.C4H7.C2H4O2.Pd/c1-2-8-13(7-1)16(14-9-3-4-10-14)15-11-5-6-12-15;1-4(2)3;1-2(3)4;/h13-15H,1-12H2;1-2H2,3H3;1H3,(H,3,4);/q;;;+1/p-1. The molecule has 3 rings (SSSR count). The predicted molar refractivity (Wildman–Crippen MR) is 104 cm³/mol. The fraction of sp³-hybridized carbons (Fsp3) is 0.857. The number of carbonyl (C=O) groups excluding carboxylic acids is 1. The van der Waals surface area contributed by atoms with Crippen molar-refractivity contribution >= 4 is 13.9 Å². The largest absolute Gasteiger partial charge is 0.550 e. The van der Waals surface area contributed by atoms with Crippen LogP contribution in [0.3, 0.4) is 0 Å². The maximum Gasteiger partial charge on any atom is 0.0383 e. The Hall–Kier alpha value is 0.302. The van der Waals surface area contributed by atoms with Crippen molar-refractivity contribution in [2.24, 2.45) is 0 Å². The average molecular weight is 459 g/mol. The third kappa shape index (κ3) is 9.70. The Morgan fingerprint density at radius 2 is 1.08 bits per heavy atom. The molecule has 0 saturated heterocycles. The number of rotatable bonds is 4. The van der Waals surface area contributed by atoms with Crippen LogP contribution in [-0.4, -0.2) is 22.9 Å². The van der Waals surface area contributed by atoms with Gasteiger partial charge >= 0.3 is 43.2 Å². The molecule has 3 fully saturated rings. The number of aliphatic carboxylic acids is 1. The van der Waals surface area contributed by atoms with E-state index in [1.165, 1.54) is 22.6 Å². The van der Waals surface area contributed by atoms with Crippen molar-refractivity contribution in [1.29, 1.82) is 0 Å². The summed E-state index contributed by atoms with van der Waals surface area (Å²) in [5.41, 5.74) is 4.82. The van der Waals surface area contributed by atoms with E-state index in [1.807, 2.05) is 6.92 Å². The van der Waals surface area contributed by atoms with Crippen LogP contribution in [0.15, 0.2) is 12.2 Å². The van der Waals surface area contributed by atoms with Crippen LogP contribution >= 0.6 is 7.92 Å². The summed E-state index contributed by atoms with van der Waals surface area (Å²) in [5, 5.41) is 8.89. The molecule has 0 unspecified atom stereocenters. The van der Waals surface area contributed by atoms with Crippen molar-refractivity contribution in [3.63, 3.8) is 0 Å². The van der Waals surface area contributed by atoms with Gasteiger partial charge in [-0.2, -0.15) is 0 Å². The third-order valence-corrected chi connectivity index (χ3v) is 10.4. The van der Waals surface area contributed by atoms with E-state index < -0.39 is 5.97 Å². The van der Waals surface area contributed by atoms with E-state index in [0.29, 0.717) is 7.92 Å². The molecule has 0 bridgehead atoms. The van der Waals surface area contributed by atoms with Crippen LogP contribution in [0.1, 0.15) is 90.9 Å². The van der Waals surface area contributed by atoms with Gasteiger partial charge in [0.1, 0.15) is 0 Å². The van der Waals surface area contributed by atoms with Crippen molar-refractivity contribution < 1.29 is 29.1 Å². The van der Waals surface area contributed by atoms with Crippen molar-refractivity contribution in [2.45, 2.75) is 113 Å². The Bertz CT molecular complexity index is 339. The molecule has 0 aliphatic heterocycles. The molecule has 0 atom stereocenters. The fourth-order valence-corrected chi connectivity index (χ4v) is 9.17. The normalized spacial score (nSPS) is 21.6. The first-order valence-electron chi connectivity index (χ1n) is 10.1. The van der Waals surface area contributed by atoms with E-state index in [2.05, 4.69) is 25.8 Å². The second-order valence-corrected chi connectivity index (χ2v) is 11.5. The monoisotopic (exact) mass is 458 g/mol. The molecule has 3 aliphatic rings. The van der Waals surface area contributed by atoms with Gasteiger partial charge in [0.2, 0.25) is 0 Å². The molecule has 0 heterocycles. The first-order valence-corrected chi connectivity index (χ1v) is 12.7. The van der Waals surface area contributed by atoms with Crippen LogP contribution in [0, 0.1) is 0 Å². The van der Waals surface area contributed by atoms with Gasteiger partial charge in [-0.15, -0.1) is 0 Å². The first-order chi connectivity index (χ1) is 12.0. The third-order valence-electron chi connectivity index (χ3n) is 5.43. The summed E-state index contributed by atoms with van der Waals surface area (Å²) in [7, 11) is 0.436. The summed E-state index contributed by atoms with van der Waals surface area (Å²) in [6, 6.07) is 0. The van der Waals surface area contributed by atoms with Crippen LogP contribution in [0.5, 0.6) is 0 Å². The molecule has 0 aromatic heterocycles. The Morgan fingerprint density at radius 1 is 0.880 bits per heavy atom. The Labute approximate surface area is 167 Å². The number of hydrogen-bond donors (Lipinski definition) is 0. The molecule has 2 nitrogen and oxygen atoms in total. The molecule has 0 spiro atoms. The number of carboxylic acids is 1. The molecule has 0 amide bonds. The van der Waals surface area contributed by atoms with E-state index >= 15 is 0 Å².